The van der Waals surface area contributed by atoms with E-state index in [0.29, 0.717) is 30.4 Å². The molecular formula is C19H22N4O4S2. The van der Waals surface area contributed by atoms with Gasteiger partial charge in [0.1, 0.15) is 9.75 Å². The minimum atomic E-state index is -3.48. The molecule has 3 heterocycles. The van der Waals surface area contributed by atoms with Crippen LogP contribution in [0.3, 0.4) is 0 Å². The number of hydrogen-bond acceptors (Lipinski definition) is 6. The molecule has 1 aromatic heterocycles. The lowest BCUT2D eigenvalue weighted by atomic mass is 9.92. The Labute approximate surface area is 173 Å². The second-order valence-corrected chi connectivity index (χ2v) is 10.4. The van der Waals surface area contributed by atoms with Crippen LogP contribution in [0.15, 0.2) is 52.1 Å². The van der Waals surface area contributed by atoms with Crippen molar-refractivity contribution >= 4 is 33.3 Å². The van der Waals surface area contributed by atoms with Crippen molar-refractivity contribution in [3.8, 4) is 0 Å². The van der Waals surface area contributed by atoms with Crippen molar-refractivity contribution in [3.63, 3.8) is 0 Å². The van der Waals surface area contributed by atoms with Gasteiger partial charge in [-0.1, -0.05) is 36.4 Å². The number of amides is 3. The summed E-state index contributed by atoms with van der Waals surface area (Å²) in [7, 11) is -3.48. The van der Waals surface area contributed by atoms with Gasteiger partial charge in [0.15, 0.2) is 0 Å². The van der Waals surface area contributed by atoms with Crippen molar-refractivity contribution in [3.05, 3.63) is 53.4 Å². The first kappa shape index (κ1) is 20.0. The van der Waals surface area contributed by atoms with E-state index in [-0.39, 0.29) is 12.6 Å². The molecule has 2 fully saturated rings. The van der Waals surface area contributed by atoms with E-state index in [9.17, 15) is 18.0 Å². The summed E-state index contributed by atoms with van der Waals surface area (Å²) in [6.07, 6.45) is 0. The van der Waals surface area contributed by atoms with Crippen molar-refractivity contribution < 1.29 is 18.0 Å². The zero-order valence-corrected chi connectivity index (χ0v) is 17.6. The minimum absolute atomic E-state index is 0.139. The molecule has 29 heavy (non-hydrogen) atoms. The number of thiophene rings is 1. The van der Waals surface area contributed by atoms with Crippen molar-refractivity contribution in [1.29, 1.82) is 0 Å². The maximum atomic E-state index is 13.0. The molecule has 2 aromatic rings. The van der Waals surface area contributed by atoms with Crippen LogP contribution in [-0.4, -0.2) is 67.3 Å². The third-order valence-corrected chi connectivity index (χ3v) is 8.66. The highest BCUT2D eigenvalue weighted by Crippen LogP contribution is 2.29. The summed E-state index contributed by atoms with van der Waals surface area (Å²) in [5.41, 5.74) is -0.365. The van der Waals surface area contributed by atoms with Crippen LogP contribution in [0.1, 0.15) is 12.5 Å². The molecule has 1 atom stereocenters. The van der Waals surface area contributed by atoms with Gasteiger partial charge in [-0.15, -0.1) is 11.3 Å². The highest BCUT2D eigenvalue weighted by Gasteiger charge is 2.49. The van der Waals surface area contributed by atoms with Crippen LogP contribution in [0, 0.1) is 0 Å². The van der Waals surface area contributed by atoms with Gasteiger partial charge in [-0.2, -0.15) is 4.31 Å². The molecule has 0 spiro atoms. The number of nitrogens with one attached hydrogen (secondary N) is 1. The second-order valence-electron chi connectivity index (χ2n) is 7.25. The van der Waals surface area contributed by atoms with Crippen LogP contribution in [0.4, 0.5) is 4.79 Å². The predicted octanol–water partition coefficient (Wildman–Crippen LogP) is 1.48. The van der Waals surface area contributed by atoms with Gasteiger partial charge in [-0.25, -0.2) is 18.1 Å². The molecule has 0 unspecified atom stereocenters. The standard InChI is InChI=1S/C19H22N4O4S2/c1-19(15-6-3-2-4-7-15)17(24)23(18(25)20-19)14-21-9-11-22(12-10-21)29(26,27)16-8-5-13-28-16/h2-8,13H,9-12,14H2,1H3,(H,20,25)/t19-/m0/s1. The van der Waals surface area contributed by atoms with Gasteiger partial charge >= 0.3 is 6.03 Å². The molecule has 0 saturated carbocycles. The van der Waals surface area contributed by atoms with E-state index in [1.807, 2.05) is 35.2 Å². The van der Waals surface area contributed by atoms with Crippen LogP contribution in [0.2, 0.25) is 0 Å². The van der Waals surface area contributed by atoms with E-state index in [0.717, 1.165) is 5.56 Å². The maximum absolute atomic E-state index is 13.0. The quantitative estimate of drug-likeness (QED) is 0.720. The SMILES string of the molecule is C[C@@]1(c2ccccc2)NC(=O)N(CN2CCN(S(=O)(=O)c3cccs3)CC2)C1=O. The molecule has 2 saturated heterocycles. The van der Waals surface area contributed by atoms with E-state index < -0.39 is 21.6 Å². The number of nitrogens with zero attached hydrogens (tertiary/aromatic N) is 3. The van der Waals surface area contributed by atoms with E-state index in [4.69, 9.17) is 0 Å². The molecule has 2 aliphatic heterocycles. The fourth-order valence-corrected chi connectivity index (χ4v) is 6.21. The summed E-state index contributed by atoms with van der Waals surface area (Å²) in [6.45, 7) is 3.38. The molecule has 2 aliphatic rings. The molecule has 0 aliphatic carbocycles. The smallest absolute Gasteiger partial charge is 0.319 e. The Bertz CT molecular complexity index is 1000. The lowest BCUT2D eigenvalue weighted by Gasteiger charge is -2.35. The fourth-order valence-electron chi connectivity index (χ4n) is 3.64. The van der Waals surface area contributed by atoms with Gasteiger partial charge in [0.05, 0.1) is 6.67 Å². The number of hydrogen-bond donors (Lipinski definition) is 1. The zero-order chi connectivity index (χ0) is 20.6. The summed E-state index contributed by atoms with van der Waals surface area (Å²) in [5, 5.41) is 4.53. The van der Waals surface area contributed by atoms with Crippen LogP contribution in [0.25, 0.3) is 0 Å². The summed E-state index contributed by atoms with van der Waals surface area (Å²) in [5.74, 6) is -0.303. The monoisotopic (exact) mass is 434 g/mol. The number of benzene rings is 1. The number of carbonyl (C=O) groups is 2. The summed E-state index contributed by atoms with van der Waals surface area (Å²) in [4.78, 5) is 28.6. The lowest BCUT2D eigenvalue weighted by Crippen LogP contribution is -2.52. The topological polar surface area (TPSA) is 90.0 Å². The molecule has 1 N–H and O–H groups in total. The Kier molecular flexibility index (Phi) is 5.19. The van der Waals surface area contributed by atoms with Crippen LogP contribution < -0.4 is 5.32 Å². The van der Waals surface area contributed by atoms with Crippen molar-refractivity contribution in [2.45, 2.75) is 16.7 Å². The minimum Gasteiger partial charge on any atom is -0.319 e. The molecule has 4 rings (SSSR count). The molecule has 154 valence electrons. The van der Waals surface area contributed by atoms with Gasteiger partial charge in [0.25, 0.3) is 15.9 Å². The lowest BCUT2D eigenvalue weighted by molar-refractivity contribution is -0.132. The molecule has 8 nitrogen and oxygen atoms in total. The number of imide groups is 1. The summed E-state index contributed by atoms with van der Waals surface area (Å²) in [6, 6.07) is 12.0. The molecule has 3 amide bonds. The molecule has 0 radical (unpaired) electrons. The fraction of sp³-hybridized carbons (Fsp3) is 0.368. The van der Waals surface area contributed by atoms with Crippen molar-refractivity contribution in [2.75, 3.05) is 32.8 Å². The molecule has 1 aromatic carbocycles. The zero-order valence-electron chi connectivity index (χ0n) is 15.9. The van der Waals surface area contributed by atoms with Gasteiger partial charge in [0, 0.05) is 26.2 Å². The van der Waals surface area contributed by atoms with E-state index in [1.165, 1.54) is 20.5 Å². The number of urea groups is 1. The predicted molar refractivity (Wildman–Crippen MR) is 109 cm³/mol. The molecule has 0 bridgehead atoms. The van der Waals surface area contributed by atoms with Gasteiger partial charge in [0.2, 0.25) is 0 Å². The number of piperazine rings is 1. The van der Waals surface area contributed by atoms with Crippen molar-refractivity contribution in [1.82, 2.24) is 19.4 Å². The molecule has 10 heteroatoms. The van der Waals surface area contributed by atoms with Gasteiger partial charge in [-0.05, 0) is 23.9 Å². The average molecular weight is 435 g/mol. The second kappa shape index (κ2) is 7.52. The Morgan fingerprint density at radius 1 is 1.03 bits per heavy atom. The van der Waals surface area contributed by atoms with Crippen molar-refractivity contribution in [2.24, 2.45) is 0 Å². The Hall–Kier alpha value is -2.27. The van der Waals surface area contributed by atoms with Gasteiger partial charge in [-0.3, -0.25) is 9.69 Å². The average Bonchev–Trinajstić information content (AvgIpc) is 3.34. The van der Waals surface area contributed by atoms with E-state index in [2.05, 4.69) is 5.32 Å². The van der Waals surface area contributed by atoms with E-state index >= 15 is 0 Å². The first-order chi connectivity index (χ1) is 13.8. The Morgan fingerprint density at radius 2 is 1.72 bits per heavy atom. The molecular weight excluding hydrogens is 412 g/mol. The van der Waals surface area contributed by atoms with Crippen LogP contribution in [0.5, 0.6) is 0 Å². The number of sulfonamides is 1. The summed E-state index contributed by atoms with van der Waals surface area (Å²) < 4.78 is 27.1. The van der Waals surface area contributed by atoms with E-state index in [1.54, 1.807) is 24.4 Å². The summed E-state index contributed by atoms with van der Waals surface area (Å²) >= 11 is 1.20. The third-order valence-electron chi connectivity index (χ3n) is 5.39. The van der Waals surface area contributed by atoms with Crippen LogP contribution >= 0.6 is 11.3 Å². The maximum Gasteiger partial charge on any atom is 0.326 e. The highest BCUT2D eigenvalue weighted by atomic mass is 32.2. The normalized spacial score (nSPS) is 24.1. The van der Waals surface area contributed by atoms with Gasteiger partial charge < -0.3 is 5.32 Å². The Morgan fingerprint density at radius 3 is 2.34 bits per heavy atom. The number of carbonyl (C=O) groups excluding carboxylic acids is 2. The first-order valence-corrected chi connectivity index (χ1v) is 11.6. The number of rotatable bonds is 5. The highest BCUT2D eigenvalue weighted by molar-refractivity contribution is 7.91. The Balaban J connectivity index is 1.41. The first-order valence-electron chi connectivity index (χ1n) is 9.28. The van der Waals surface area contributed by atoms with Crippen LogP contribution in [-0.2, 0) is 20.4 Å². The largest absolute Gasteiger partial charge is 0.326 e. The third kappa shape index (κ3) is 3.57.